The first-order valence-corrected chi connectivity index (χ1v) is 5.55. The quantitative estimate of drug-likeness (QED) is 0.816. The van der Waals surface area contributed by atoms with E-state index in [0.29, 0.717) is 12.3 Å². The van der Waals surface area contributed by atoms with Gasteiger partial charge in [-0.2, -0.15) is 0 Å². The summed E-state index contributed by atoms with van der Waals surface area (Å²) >= 11 is 0. The van der Waals surface area contributed by atoms with E-state index in [1.807, 2.05) is 13.8 Å². The van der Waals surface area contributed by atoms with Gasteiger partial charge in [0.1, 0.15) is 5.82 Å². The molecule has 0 saturated heterocycles. The van der Waals surface area contributed by atoms with Crippen LogP contribution in [0.5, 0.6) is 0 Å². The minimum Gasteiger partial charge on any atom is -0.394 e. The first-order valence-electron chi connectivity index (χ1n) is 5.55. The summed E-state index contributed by atoms with van der Waals surface area (Å²) in [6.45, 7) is 3.86. The molecule has 0 fully saturated rings. The molecule has 1 heterocycles. The number of aliphatic hydroxyl groups excluding tert-OH is 1. The van der Waals surface area contributed by atoms with E-state index in [1.165, 1.54) is 6.20 Å². The summed E-state index contributed by atoms with van der Waals surface area (Å²) in [4.78, 5) is 15.3. The second kappa shape index (κ2) is 6.30. The van der Waals surface area contributed by atoms with Crippen LogP contribution in [-0.2, 0) is 0 Å². The van der Waals surface area contributed by atoms with E-state index in [4.69, 9.17) is 5.11 Å². The molecule has 0 aliphatic rings. The van der Waals surface area contributed by atoms with Crippen LogP contribution < -0.4 is 5.32 Å². The molecular formula is C12H17FN2O2. The number of rotatable bonds is 5. The van der Waals surface area contributed by atoms with Gasteiger partial charge in [0.25, 0.3) is 5.91 Å². The number of halogens is 1. The fourth-order valence-corrected chi connectivity index (χ4v) is 1.55. The minimum absolute atomic E-state index is 0.132. The smallest absolute Gasteiger partial charge is 0.253 e. The highest BCUT2D eigenvalue weighted by molar-refractivity contribution is 5.94. The largest absolute Gasteiger partial charge is 0.394 e. The van der Waals surface area contributed by atoms with Crippen LogP contribution in [0.15, 0.2) is 18.5 Å². The molecule has 0 radical (unpaired) electrons. The molecule has 0 aliphatic carbocycles. The van der Waals surface area contributed by atoms with Crippen molar-refractivity contribution in [2.75, 3.05) is 6.61 Å². The molecule has 94 valence electrons. The predicted molar refractivity (Wildman–Crippen MR) is 62.0 cm³/mol. The van der Waals surface area contributed by atoms with Crippen molar-refractivity contribution in [2.45, 2.75) is 26.3 Å². The maximum absolute atomic E-state index is 12.9. The molecule has 0 saturated carbocycles. The molecule has 1 aromatic heterocycles. The monoisotopic (exact) mass is 240 g/mol. The van der Waals surface area contributed by atoms with Gasteiger partial charge in [0.15, 0.2) is 0 Å². The highest BCUT2D eigenvalue weighted by Crippen LogP contribution is 2.06. The lowest BCUT2D eigenvalue weighted by atomic mass is 10.0. The number of aromatic nitrogens is 1. The van der Waals surface area contributed by atoms with Gasteiger partial charge in [-0.25, -0.2) is 4.39 Å². The summed E-state index contributed by atoms with van der Waals surface area (Å²) in [5.74, 6) is -0.614. The predicted octanol–water partition coefficient (Wildman–Crippen LogP) is 1.36. The first kappa shape index (κ1) is 13.6. The van der Waals surface area contributed by atoms with E-state index in [1.54, 1.807) is 0 Å². The standard InChI is InChI=1S/C12H17FN2O2/c1-8(2)3-11(7-16)15-12(17)9-4-10(13)6-14-5-9/h4-6,8,11,16H,3,7H2,1-2H3,(H,15,17)/t11-/m0/s1. The van der Waals surface area contributed by atoms with Crippen LogP contribution >= 0.6 is 0 Å². The van der Waals surface area contributed by atoms with Gasteiger partial charge in [0.2, 0.25) is 0 Å². The maximum atomic E-state index is 12.9. The van der Waals surface area contributed by atoms with Crippen LogP contribution in [0.3, 0.4) is 0 Å². The molecule has 1 atom stereocenters. The second-order valence-corrected chi connectivity index (χ2v) is 4.37. The molecule has 0 aliphatic heterocycles. The van der Waals surface area contributed by atoms with E-state index in [0.717, 1.165) is 12.3 Å². The van der Waals surface area contributed by atoms with Gasteiger partial charge < -0.3 is 10.4 Å². The molecule has 5 heteroatoms. The van der Waals surface area contributed by atoms with Gasteiger partial charge in [0, 0.05) is 6.20 Å². The van der Waals surface area contributed by atoms with Gasteiger partial charge in [-0.1, -0.05) is 13.8 Å². The molecule has 0 aromatic carbocycles. The van der Waals surface area contributed by atoms with Crippen molar-refractivity contribution in [3.63, 3.8) is 0 Å². The maximum Gasteiger partial charge on any atom is 0.253 e. The van der Waals surface area contributed by atoms with Crippen molar-refractivity contribution in [1.29, 1.82) is 0 Å². The molecule has 4 nitrogen and oxygen atoms in total. The number of nitrogens with one attached hydrogen (secondary N) is 1. The molecule has 0 bridgehead atoms. The zero-order valence-electron chi connectivity index (χ0n) is 9.98. The van der Waals surface area contributed by atoms with Crippen LogP contribution in [0.25, 0.3) is 0 Å². The average Bonchev–Trinajstić information content (AvgIpc) is 2.27. The van der Waals surface area contributed by atoms with Crippen LogP contribution in [-0.4, -0.2) is 28.6 Å². The zero-order chi connectivity index (χ0) is 12.8. The van der Waals surface area contributed by atoms with Gasteiger partial charge in [-0.05, 0) is 18.4 Å². The van der Waals surface area contributed by atoms with E-state index < -0.39 is 11.7 Å². The minimum atomic E-state index is -0.554. The summed E-state index contributed by atoms with van der Waals surface area (Å²) in [7, 11) is 0. The molecule has 1 amide bonds. The number of hydrogen-bond donors (Lipinski definition) is 2. The molecule has 1 aromatic rings. The van der Waals surface area contributed by atoms with Crippen molar-refractivity contribution >= 4 is 5.91 Å². The van der Waals surface area contributed by atoms with E-state index in [-0.39, 0.29) is 18.2 Å². The van der Waals surface area contributed by atoms with Crippen molar-refractivity contribution in [3.8, 4) is 0 Å². The number of aliphatic hydroxyl groups is 1. The Balaban J connectivity index is 2.64. The topological polar surface area (TPSA) is 62.2 Å². The fraction of sp³-hybridized carbons (Fsp3) is 0.500. The number of nitrogens with zero attached hydrogens (tertiary/aromatic N) is 1. The molecule has 2 N–H and O–H groups in total. The van der Waals surface area contributed by atoms with Crippen molar-refractivity contribution in [2.24, 2.45) is 5.92 Å². The third kappa shape index (κ3) is 4.48. The lowest BCUT2D eigenvalue weighted by Crippen LogP contribution is -2.38. The van der Waals surface area contributed by atoms with Crippen LogP contribution in [0.1, 0.15) is 30.6 Å². The summed E-state index contributed by atoms with van der Waals surface area (Å²) in [5.41, 5.74) is 0.159. The third-order valence-electron chi connectivity index (χ3n) is 2.28. The van der Waals surface area contributed by atoms with E-state index >= 15 is 0 Å². The normalized spacial score (nSPS) is 12.5. The average molecular weight is 240 g/mol. The van der Waals surface area contributed by atoms with Gasteiger partial charge >= 0.3 is 0 Å². The Morgan fingerprint density at radius 1 is 1.53 bits per heavy atom. The molecular weight excluding hydrogens is 223 g/mol. The number of hydrogen-bond acceptors (Lipinski definition) is 3. The van der Waals surface area contributed by atoms with Crippen molar-refractivity contribution in [1.82, 2.24) is 10.3 Å². The van der Waals surface area contributed by atoms with Gasteiger partial charge in [-0.15, -0.1) is 0 Å². The Morgan fingerprint density at radius 3 is 2.76 bits per heavy atom. The summed E-state index contributed by atoms with van der Waals surface area (Å²) in [5, 5.41) is 11.8. The highest BCUT2D eigenvalue weighted by Gasteiger charge is 2.14. The Hall–Kier alpha value is -1.49. The van der Waals surface area contributed by atoms with Crippen LogP contribution in [0, 0.1) is 11.7 Å². The third-order valence-corrected chi connectivity index (χ3v) is 2.28. The Labute approximate surface area is 99.9 Å². The molecule has 1 rings (SSSR count). The Morgan fingerprint density at radius 2 is 2.24 bits per heavy atom. The van der Waals surface area contributed by atoms with Crippen LogP contribution in [0.4, 0.5) is 4.39 Å². The number of carbonyl (C=O) groups excluding carboxylic acids is 1. The highest BCUT2D eigenvalue weighted by atomic mass is 19.1. The molecule has 0 unspecified atom stereocenters. The molecule has 17 heavy (non-hydrogen) atoms. The van der Waals surface area contributed by atoms with Gasteiger partial charge in [0.05, 0.1) is 24.4 Å². The second-order valence-electron chi connectivity index (χ2n) is 4.37. The summed E-state index contributed by atoms with van der Waals surface area (Å²) in [6, 6.07) is 0.803. The van der Waals surface area contributed by atoms with Crippen molar-refractivity contribution < 1.29 is 14.3 Å². The van der Waals surface area contributed by atoms with Crippen LogP contribution in [0.2, 0.25) is 0 Å². The lowest BCUT2D eigenvalue weighted by Gasteiger charge is -2.18. The molecule has 0 spiro atoms. The fourth-order valence-electron chi connectivity index (χ4n) is 1.55. The van der Waals surface area contributed by atoms with Gasteiger partial charge in [-0.3, -0.25) is 9.78 Å². The number of pyridine rings is 1. The SMILES string of the molecule is CC(C)C[C@@H](CO)NC(=O)c1cncc(F)c1. The Bertz CT molecular complexity index is 383. The number of amides is 1. The summed E-state index contributed by atoms with van der Waals surface area (Å²) < 4.78 is 12.9. The zero-order valence-corrected chi connectivity index (χ0v) is 9.98. The summed E-state index contributed by atoms with van der Waals surface area (Å²) in [6.07, 6.45) is 3.00. The van der Waals surface area contributed by atoms with Crippen molar-refractivity contribution in [3.05, 3.63) is 29.8 Å². The Kier molecular flexibility index (Phi) is 5.03. The lowest BCUT2D eigenvalue weighted by molar-refractivity contribution is 0.0907. The number of carbonyl (C=O) groups is 1. The van der Waals surface area contributed by atoms with E-state index in [2.05, 4.69) is 10.3 Å². The van der Waals surface area contributed by atoms with E-state index in [9.17, 15) is 9.18 Å². The first-order chi connectivity index (χ1) is 8.02.